The average molecular weight is 749 g/mol. The number of ether oxygens (including phenoxy) is 5. The number of nitrogens with two attached hydrogens (primary N) is 1. The third kappa shape index (κ3) is 13.7. The van der Waals surface area contributed by atoms with Gasteiger partial charge in [0.25, 0.3) is 0 Å². The summed E-state index contributed by atoms with van der Waals surface area (Å²) in [5.41, 5.74) is 24.3. The average Bonchev–Trinajstić information content (AvgIpc) is 3.19. The Bertz CT molecular complexity index is 1620. The highest BCUT2D eigenvalue weighted by Crippen LogP contribution is 2.36. The van der Waals surface area contributed by atoms with Gasteiger partial charge in [0.2, 0.25) is 5.91 Å². The molecule has 7 N–H and O–H groups in total. The van der Waals surface area contributed by atoms with Gasteiger partial charge in [-0.2, -0.15) is 0 Å². The molecule has 0 spiro atoms. The zero-order valence-corrected chi connectivity index (χ0v) is 32.0. The van der Waals surface area contributed by atoms with Crippen molar-refractivity contribution in [2.75, 3.05) is 80.8 Å². The minimum atomic E-state index is -0.352. The first-order valence-corrected chi connectivity index (χ1v) is 18.2. The second kappa shape index (κ2) is 22.2. The van der Waals surface area contributed by atoms with Gasteiger partial charge in [-0.1, -0.05) is 11.6 Å². The zero-order valence-electron chi connectivity index (χ0n) is 32.0. The number of benzene rings is 3. The van der Waals surface area contributed by atoms with Crippen molar-refractivity contribution in [1.82, 2.24) is 5.32 Å². The molecule has 3 unspecified atom stereocenters. The molecule has 15 nitrogen and oxygen atoms in total. The molecule has 1 aliphatic heterocycles. The minimum absolute atomic E-state index is 0.0160. The molecule has 54 heavy (non-hydrogen) atoms. The number of nitrogens with zero attached hydrogens (tertiary/aromatic N) is 2. The summed E-state index contributed by atoms with van der Waals surface area (Å²) in [5, 5.41) is 5.90. The summed E-state index contributed by atoms with van der Waals surface area (Å²) in [5.74, 6) is 1.17. The first-order valence-electron chi connectivity index (χ1n) is 18.2. The van der Waals surface area contributed by atoms with Gasteiger partial charge in [0.05, 0.1) is 62.9 Å². The molecular formula is C39H56N8O7. The molecule has 3 atom stereocenters. The maximum atomic E-state index is 12.5. The van der Waals surface area contributed by atoms with Crippen molar-refractivity contribution in [1.29, 1.82) is 0 Å². The lowest BCUT2D eigenvalue weighted by Crippen LogP contribution is -2.43. The molecule has 3 aromatic rings. The Morgan fingerprint density at radius 2 is 1.57 bits per heavy atom. The van der Waals surface area contributed by atoms with Crippen LogP contribution < -0.4 is 47.1 Å². The third-order valence-corrected chi connectivity index (χ3v) is 8.86. The van der Waals surface area contributed by atoms with Crippen molar-refractivity contribution in [3.05, 3.63) is 77.2 Å². The smallest absolute Gasteiger partial charge is 0.220 e. The zero-order chi connectivity index (χ0) is 38.7. The highest BCUT2D eigenvalue weighted by molar-refractivity contribution is 5.76. The summed E-state index contributed by atoms with van der Waals surface area (Å²) in [7, 11) is 5.18. The fraction of sp³-hybridized carbons (Fsp3) is 0.462. The van der Waals surface area contributed by atoms with E-state index in [0.29, 0.717) is 74.2 Å². The van der Waals surface area contributed by atoms with Gasteiger partial charge in [0.15, 0.2) is 6.29 Å². The van der Waals surface area contributed by atoms with E-state index >= 15 is 0 Å². The summed E-state index contributed by atoms with van der Waals surface area (Å²) in [6.45, 7) is 6.86. The van der Waals surface area contributed by atoms with Gasteiger partial charge < -0.3 is 50.5 Å². The SMILES string of the molecule is C/C=C(\C)COCC1CC(N)CC(OCCCNC(=O)CCCN(C)c2ccc(NNc3cc(OC)c(NNc4ccc(N=O)cc4)cc3OC)cc2)O1. The second-order valence-corrected chi connectivity index (χ2v) is 13.1. The number of hydrogen-bond donors (Lipinski definition) is 6. The van der Waals surface area contributed by atoms with Crippen LogP contribution in [-0.2, 0) is 19.0 Å². The summed E-state index contributed by atoms with van der Waals surface area (Å²) >= 11 is 0. The molecular weight excluding hydrogens is 692 g/mol. The number of methoxy groups -OCH3 is 2. The fourth-order valence-corrected chi connectivity index (χ4v) is 5.64. The van der Waals surface area contributed by atoms with Crippen molar-refractivity contribution in [3.8, 4) is 11.5 Å². The Labute approximate surface area is 318 Å². The molecule has 0 radical (unpaired) electrons. The van der Waals surface area contributed by atoms with E-state index in [4.69, 9.17) is 29.4 Å². The van der Waals surface area contributed by atoms with E-state index in [1.54, 1.807) is 44.6 Å². The molecule has 15 heteroatoms. The maximum absolute atomic E-state index is 12.5. The highest BCUT2D eigenvalue weighted by Gasteiger charge is 2.28. The fourth-order valence-electron chi connectivity index (χ4n) is 5.64. The largest absolute Gasteiger partial charge is 0.494 e. The van der Waals surface area contributed by atoms with Crippen molar-refractivity contribution >= 4 is 40.0 Å². The Morgan fingerprint density at radius 3 is 2.17 bits per heavy atom. The van der Waals surface area contributed by atoms with E-state index in [1.165, 1.54) is 5.57 Å². The number of anilines is 5. The van der Waals surface area contributed by atoms with E-state index < -0.39 is 0 Å². The molecule has 0 aliphatic carbocycles. The van der Waals surface area contributed by atoms with E-state index in [9.17, 15) is 9.70 Å². The predicted molar refractivity (Wildman–Crippen MR) is 215 cm³/mol. The van der Waals surface area contributed by atoms with Crippen LogP contribution in [-0.4, -0.2) is 78.5 Å². The van der Waals surface area contributed by atoms with Crippen LogP contribution in [0.2, 0.25) is 0 Å². The van der Waals surface area contributed by atoms with Gasteiger partial charge >= 0.3 is 0 Å². The number of carbonyl (C=O) groups excluding carboxylic acids is 1. The van der Waals surface area contributed by atoms with E-state index in [2.05, 4.69) is 37.1 Å². The van der Waals surface area contributed by atoms with Crippen LogP contribution in [0.3, 0.4) is 0 Å². The highest BCUT2D eigenvalue weighted by atomic mass is 16.7. The summed E-state index contributed by atoms with van der Waals surface area (Å²) in [6, 6.07) is 18.3. The summed E-state index contributed by atoms with van der Waals surface area (Å²) in [6.07, 6.45) is 4.86. The standard InChI is InChI=1S/C39H56N8O7/c1-6-27(2)25-52-26-33-21-28(40)22-39(54-33)53-20-8-18-41-38(48)9-7-19-47(3)32-16-14-30(15-17-32)43-45-35-24-36(50-4)34(23-37(35)51-5)44-42-29-10-12-31(46-49)13-11-29/h6,10-17,23-24,28,33,39,42-45H,7-9,18-22,25-26,40H2,1-5H3,(H,41,48)/b27-6+. The Morgan fingerprint density at radius 1 is 0.944 bits per heavy atom. The third-order valence-electron chi connectivity index (χ3n) is 8.86. The van der Waals surface area contributed by atoms with Crippen molar-refractivity contribution in [2.45, 2.75) is 64.4 Å². The molecule has 0 bridgehead atoms. The predicted octanol–water partition coefficient (Wildman–Crippen LogP) is 6.53. The van der Waals surface area contributed by atoms with Gasteiger partial charge in [-0.3, -0.25) is 15.6 Å². The first kappa shape index (κ1) is 41.7. The molecule has 4 rings (SSSR count). The van der Waals surface area contributed by atoms with Gasteiger partial charge in [-0.25, -0.2) is 0 Å². The Kier molecular flexibility index (Phi) is 17.1. The molecule has 3 aromatic carbocycles. The molecule has 294 valence electrons. The number of hydrogen-bond acceptors (Lipinski definition) is 14. The lowest BCUT2D eigenvalue weighted by atomic mass is 10.0. The maximum Gasteiger partial charge on any atom is 0.220 e. The molecule has 1 aliphatic rings. The topological polar surface area (TPSA) is 182 Å². The van der Waals surface area contributed by atoms with Gasteiger partial charge in [-0.05, 0) is 86.8 Å². The molecule has 1 heterocycles. The van der Waals surface area contributed by atoms with E-state index in [1.807, 2.05) is 57.3 Å². The number of carbonyl (C=O) groups is 1. The molecule has 1 amide bonds. The Balaban J connectivity index is 1.12. The van der Waals surface area contributed by atoms with E-state index in [0.717, 1.165) is 36.4 Å². The molecule has 0 saturated carbocycles. The number of nitrogens with one attached hydrogen (secondary N) is 5. The minimum Gasteiger partial charge on any atom is -0.494 e. The monoisotopic (exact) mass is 748 g/mol. The van der Waals surface area contributed by atoms with Gasteiger partial charge in [0.1, 0.15) is 17.2 Å². The van der Waals surface area contributed by atoms with Crippen molar-refractivity contribution in [2.24, 2.45) is 10.9 Å². The number of allylic oxidation sites excluding steroid dienone is 1. The molecule has 0 aromatic heterocycles. The van der Waals surface area contributed by atoms with Crippen LogP contribution in [0.25, 0.3) is 0 Å². The van der Waals surface area contributed by atoms with Crippen LogP contribution in [0.15, 0.2) is 77.5 Å². The normalized spacial score (nSPS) is 16.9. The number of rotatable bonds is 23. The van der Waals surface area contributed by atoms with Gasteiger partial charge in [-0.15, -0.1) is 4.91 Å². The van der Waals surface area contributed by atoms with Crippen LogP contribution in [0.4, 0.5) is 34.1 Å². The molecule has 1 fully saturated rings. The van der Waals surface area contributed by atoms with Crippen molar-refractivity contribution < 1.29 is 28.5 Å². The van der Waals surface area contributed by atoms with Gasteiger partial charge in [0, 0.05) is 56.8 Å². The quantitative estimate of drug-likeness (QED) is 0.0267. The number of nitroso groups, excluding NO2 is 1. The van der Waals surface area contributed by atoms with Crippen LogP contribution in [0.1, 0.15) is 46.0 Å². The second-order valence-electron chi connectivity index (χ2n) is 13.1. The Hall–Kier alpha value is -5.09. The lowest BCUT2D eigenvalue weighted by molar-refractivity contribution is -0.207. The van der Waals surface area contributed by atoms with Crippen LogP contribution in [0.5, 0.6) is 11.5 Å². The lowest BCUT2D eigenvalue weighted by Gasteiger charge is -2.33. The molecule has 1 saturated heterocycles. The van der Waals surface area contributed by atoms with Crippen molar-refractivity contribution in [3.63, 3.8) is 0 Å². The van der Waals surface area contributed by atoms with E-state index in [-0.39, 0.29) is 24.3 Å². The first-order chi connectivity index (χ1) is 26.2. The number of amides is 1. The number of hydrazine groups is 2. The van der Waals surface area contributed by atoms with Crippen LogP contribution >= 0.6 is 0 Å². The van der Waals surface area contributed by atoms with Crippen LogP contribution in [0, 0.1) is 4.91 Å². The summed E-state index contributed by atoms with van der Waals surface area (Å²) in [4.78, 5) is 25.2. The summed E-state index contributed by atoms with van der Waals surface area (Å²) < 4.78 is 28.9.